The number of nitrogens with two attached hydrogens (primary N) is 1. The quantitative estimate of drug-likeness (QED) is 0.724. The van der Waals surface area contributed by atoms with Crippen LogP contribution in [0.4, 0.5) is 0 Å². The molecule has 80 valence electrons. The lowest BCUT2D eigenvalue weighted by Crippen LogP contribution is -2.51. The second-order valence-electron chi connectivity index (χ2n) is 5.52. The fraction of sp³-hybridized carbons (Fsp3) is 0.909. The maximum absolute atomic E-state index is 5.90. The van der Waals surface area contributed by atoms with Crippen LogP contribution in [-0.4, -0.2) is 29.5 Å². The molecule has 2 rings (SSSR count). The predicted molar refractivity (Wildman–Crippen MR) is 59.2 cm³/mol. The van der Waals surface area contributed by atoms with Crippen molar-refractivity contribution < 1.29 is 0 Å². The first-order valence-corrected chi connectivity index (χ1v) is 5.49. The van der Waals surface area contributed by atoms with Crippen molar-refractivity contribution in [2.45, 2.75) is 39.7 Å². The van der Waals surface area contributed by atoms with Gasteiger partial charge in [0.25, 0.3) is 0 Å². The van der Waals surface area contributed by atoms with Crippen LogP contribution >= 0.6 is 0 Å². The highest BCUT2D eigenvalue weighted by atomic mass is 15.4. The van der Waals surface area contributed by atoms with Crippen molar-refractivity contribution in [3.63, 3.8) is 0 Å². The Morgan fingerprint density at radius 1 is 1.50 bits per heavy atom. The third-order valence-electron chi connectivity index (χ3n) is 4.03. The van der Waals surface area contributed by atoms with Crippen LogP contribution in [0.25, 0.3) is 0 Å². The van der Waals surface area contributed by atoms with Crippen molar-refractivity contribution in [2.24, 2.45) is 22.1 Å². The molecular weight excluding hydrogens is 174 g/mol. The van der Waals surface area contributed by atoms with E-state index in [1.54, 1.807) is 0 Å². The largest absolute Gasteiger partial charge is 0.370 e. The summed E-state index contributed by atoms with van der Waals surface area (Å²) in [6, 6.07) is 0. The number of aliphatic imine (C=N–C) groups is 1. The normalized spacial score (nSPS) is 39.9. The van der Waals surface area contributed by atoms with E-state index in [-0.39, 0.29) is 5.54 Å². The first kappa shape index (κ1) is 9.81. The topological polar surface area (TPSA) is 41.6 Å². The van der Waals surface area contributed by atoms with Gasteiger partial charge in [-0.3, -0.25) is 4.99 Å². The average molecular weight is 195 g/mol. The van der Waals surface area contributed by atoms with Gasteiger partial charge >= 0.3 is 0 Å². The summed E-state index contributed by atoms with van der Waals surface area (Å²) in [6.45, 7) is 11.0. The Morgan fingerprint density at radius 3 is 2.50 bits per heavy atom. The average Bonchev–Trinajstić information content (AvgIpc) is 2.63. The van der Waals surface area contributed by atoms with Gasteiger partial charge in [0.2, 0.25) is 0 Å². The van der Waals surface area contributed by atoms with E-state index in [4.69, 9.17) is 5.73 Å². The maximum Gasteiger partial charge on any atom is 0.191 e. The molecule has 0 aromatic heterocycles. The molecule has 14 heavy (non-hydrogen) atoms. The lowest BCUT2D eigenvalue weighted by molar-refractivity contribution is 0.179. The number of hydrogen-bond donors (Lipinski definition) is 1. The smallest absolute Gasteiger partial charge is 0.191 e. The molecule has 0 amide bonds. The fourth-order valence-electron chi connectivity index (χ4n) is 3.02. The van der Waals surface area contributed by atoms with Gasteiger partial charge in [-0.1, -0.05) is 13.8 Å². The molecule has 3 heteroatoms. The van der Waals surface area contributed by atoms with Crippen LogP contribution in [0, 0.1) is 11.3 Å². The van der Waals surface area contributed by atoms with E-state index in [1.807, 2.05) is 0 Å². The zero-order valence-corrected chi connectivity index (χ0v) is 9.67. The van der Waals surface area contributed by atoms with E-state index >= 15 is 0 Å². The van der Waals surface area contributed by atoms with Gasteiger partial charge in [0.1, 0.15) is 0 Å². The van der Waals surface area contributed by atoms with Crippen LogP contribution in [-0.2, 0) is 0 Å². The van der Waals surface area contributed by atoms with E-state index in [2.05, 4.69) is 37.6 Å². The Bertz CT molecular complexity index is 282. The van der Waals surface area contributed by atoms with Gasteiger partial charge in [0, 0.05) is 6.54 Å². The third kappa shape index (κ3) is 1.14. The van der Waals surface area contributed by atoms with Crippen LogP contribution in [0.15, 0.2) is 4.99 Å². The van der Waals surface area contributed by atoms with Gasteiger partial charge in [-0.25, -0.2) is 0 Å². The Hall–Kier alpha value is -0.730. The van der Waals surface area contributed by atoms with Crippen molar-refractivity contribution in [1.29, 1.82) is 0 Å². The Balaban J connectivity index is 2.19. The Labute approximate surface area is 86.4 Å². The van der Waals surface area contributed by atoms with Crippen LogP contribution in [0.5, 0.6) is 0 Å². The second-order valence-corrected chi connectivity index (χ2v) is 5.52. The van der Waals surface area contributed by atoms with Gasteiger partial charge < -0.3 is 10.6 Å². The number of hydrogen-bond acceptors (Lipinski definition) is 3. The molecule has 2 aliphatic rings. The Kier molecular flexibility index (Phi) is 1.85. The molecule has 0 bridgehead atoms. The lowest BCUT2D eigenvalue weighted by atomic mass is 9.89. The van der Waals surface area contributed by atoms with Crippen molar-refractivity contribution >= 4 is 5.96 Å². The minimum Gasteiger partial charge on any atom is -0.370 e. The first-order chi connectivity index (χ1) is 6.42. The molecule has 0 radical (unpaired) electrons. The molecule has 0 aromatic carbocycles. The van der Waals surface area contributed by atoms with Gasteiger partial charge in [-0.05, 0) is 31.6 Å². The summed E-state index contributed by atoms with van der Waals surface area (Å²) in [6.07, 6.45) is 1.31. The summed E-state index contributed by atoms with van der Waals surface area (Å²) in [7, 11) is 0. The van der Waals surface area contributed by atoms with Gasteiger partial charge in [-0.2, -0.15) is 0 Å². The van der Waals surface area contributed by atoms with E-state index in [1.165, 1.54) is 6.42 Å². The Morgan fingerprint density at radius 2 is 2.07 bits per heavy atom. The molecule has 2 atom stereocenters. The number of rotatable bonds is 2. The minimum atomic E-state index is 0.183. The summed E-state index contributed by atoms with van der Waals surface area (Å²) >= 11 is 0. The summed E-state index contributed by atoms with van der Waals surface area (Å²) in [5.74, 6) is 1.48. The SMILES string of the molecule is CCN1C(N)=NCC1(C)C1CC1(C)C. The molecule has 3 nitrogen and oxygen atoms in total. The van der Waals surface area contributed by atoms with Crippen LogP contribution in [0.3, 0.4) is 0 Å². The van der Waals surface area contributed by atoms with Crippen molar-refractivity contribution in [1.82, 2.24) is 4.90 Å². The zero-order chi connectivity index (χ0) is 10.6. The monoisotopic (exact) mass is 195 g/mol. The van der Waals surface area contributed by atoms with Crippen LogP contribution in [0.1, 0.15) is 34.1 Å². The highest BCUT2D eigenvalue weighted by molar-refractivity contribution is 5.81. The lowest BCUT2D eigenvalue weighted by Gasteiger charge is -2.37. The molecule has 1 aliphatic heterocycles. The van der Waals surface area contributed by atoms with Crippen molar-refractivity contribution in [2.75, 3.05) is 13.1 Å². The van der Waals surface area contributed by atoms with Crippen molar-refractivity contribution in [3.05, 3.63) is 0 Å². The van der Waals surface area contributed by atoms with E-state index in [9.17, 15) is 0 Å². The molecule has 0 saturated heterocycles. The number of nitrogens with zero attached hydrogens (tertiary/aromatic N) is 2. The molecule has 2 N–H and O–H groups in total. The summed E-state index contributed by atoms with van der Waals surface area (Å²) < 4.78 is 0. The molecule has 1 aliphatic carbocycles. The van der Waals surface area contributed by atoms with Gasteiger partial charge in [0.15, 0.2) is 5.96 Å². The van der Waals surface area contributed by atoms with Crippen LogP contribution in [0.2, 0.25) is 0 Å². The van der Waals surface area contributed by atoms with Crippen molar-refractivity contribution in [3.8, 4) is 0 Å². The summed E-state index contributed by atoms with van der Waals surface area (Å²) in [4.78, 5) is 6.66. The molecule has 0 aromatic rings. The fourth-order valence-corrected chi connectivity index (χ4v) is 3.02. The number of guanidine groups is 1. The highest BCUT2D eigenvalue weighted by Gasteiger charge is 2.59. The molecular formula is C11H21N3. The molecule has 2 unspecified atom stereocenters. The summed E-state index contributed by atoms with van der Waals surface area (Å²) in [5.41, 5.74) is 6.57. The maximum atomic E-state index is 5.90. The molecule has 1 heterocycles. The second kappa shape index (κ2) is 2.65. The summed E-state index contributed by atoms with van der Waals surface area (Å²) in [5, 5.41) is 0. The van der Waals surface area contributed by atoms with Gasteiger partial charge in [0.05, 0.1) is 12.1 Å². The molecule has 1 saturated carbocycles. The van der Waals surface area contributed by atoms with Gasteiger partial charge in [-0.15, -0.1) is 0 Å². The first-order valence-electron chi connectivity index (χ1n) is 5.49. The highest BCUT2D eigenvalue weighted by Crippen LogP contribution is 2.59. The zero-order valence-electron chi connectivity index (χ0n) is 9.67. The molecule has 1 fully saturated rings. The molecule has 0 spiro atoms. The standard InChI is InChI=1S/C11H21N3/c1-5-14-9(12)13-7-11(14,4)8-6-10(8,2)3/h8H,5-7H2,1-4H3,(H2,12,13). The van der Waals surface area contributed by atoms with Crippen LogP contribution < -0.4 is 5.73 Å². The van der Waals surface area contributed by atoms with E-state index in [0.29, 0.717) is 5.41 Å². The van der Waals surface area contributed by atoms with E-state index < -0.39 is 0 Å². The third-order valence-corrected chi connectivity index (χ3v) is 4.03. The van der Waals surface area contributed by atoms with E-state index in [0.717, 1.165) is 25.0 Å². The predicted octanol–water partition coefficient (Wildman–Crippen LogP) is 1.44. The number of likely N-dealkylation sites (N-methyl/N-ethyl adjacent to an activating group) is 1. The minimum absolute atomic E-state index is 0.183.